The number of anilines is 1. The van der Waals surface area contributed by atoms with E-state index in [1.807, 2.05) is 55.5 Å². The Morgan fingerprint density at radius 2 is 1.91 bits per heavy atom. The van der Waals surface area contributed by atoms with Crippen LogP contribution in [0.5, 0.6) is 5.88 Å². The monoisotopic (exact) mass is 294 g/mol. The van der Waals surface area contributed by atoms with Crippen molar-refractivity contribution in [3.05, 3.63) is 65.5 Å². The Kier molecular flexibility index (Phi) is 3.78. The second-order valence-corrected chi connectivity index (χ2v) is 5.15. The van der Waals surface area contributed by atoms with Crippen LogP contribution in [0.15, 0.2) is 48.5 Å². The molecule has 22 heavy (non-hydrogen) atoms. The zero-order valence-corrected chi connectivity index (χ0v) is 12.7. The van der Waals surface area contributed by atoms with E-state index in [0.29, 0.717) is 5.88 Å². The van der Waals surface area contributed by atoms with E-state index in [-0.39, 0.29) is 0 Å². The second-order valence-electron chi connectivity index (χ2n) is 5.15. The predicted octanol–water partition coefficient (Wildman–Crippen LogP) is 2.76. The van der Waals surface area contributed by atoms with E-state index < -0.39 is 0 Å². The van der Waals surface area contributed by atoms with Gasteiger partial charge in [0.2, 0.25) is 5.88 Å². The highest BCUT2D eigenvalue weighted by molar-refractivity contribution is 5.40. The van der Waals surface area contributed by atoms with Gasteiger partial charge in [0.15, 0.2) is 5.82 Å². The molecule has 0 spiro atoms. The average molecular weight is 294 g/mol. The smallest absolute Gasteiger partial charge is 0.218 e. The highest BCUT2D eigenvalue weighted by Gasteiger charge is 2.11. The van der Waals surface area contributed by atoms with Gasteiger partial charge in [-0.1, -0.05) is 18.2 Å². The van der Waals surface area contributed by atoms with Gasteiger partial charge in [0.05, 0.1) is 12.8 Å². The quantitative estimate of drug-likeness (QED) is 0.751. The van der Waals surface area contributed by atoms with Gasteiger partial charge in [-0.3, -0.25) is 0 Å². The van der Waals surface area contributed by atoms with Crippen molar-refractivity contribution in [3.63, 3.8) is 0 Å². The standard InChI is InChI=1S/C17H18N4O/c1-12-4-3-5-16(19-12)21-17(22-2)11-15(20-21)10-13-6-8-14(18)9-7-13/h3-9,11H,10,18H2,1-2H3. The summed E-state index contributed by atoms with van der Waals surface area (Å²) in [6.45, 7) is 1.95. The molecular formula is C17H18N4O. The molecule has 2 heterocycles. The first-order valence-corrected chi connectivity index (χ1v) is 7.07. The lowest BCUT2D eigenvalue weighted by Gasteiger charge is -2.05. The number of nitrogen functional groups attached to an aromatic ring is 1. The van der Waals surface area contributed by atoms with Crippen LogP contribution in [0.1, 0.15) is 17.0 Å². The van der Waals surface area contributed by atoms with E-state index in [0.717, 1.165) is 34.9 Å². The minimum Gasteiger partial charge on any atom is -0.481 e. The van der Waals surface area contributed by atoms with Crippen molar-refractivity contribution in [3.8, 4) is 11.7 Å². The number of ether oxygens (including phenoxy) is 1. The van der Waals surface area contributed by atoms with Gasteiger partial charge in [-0.05, 0) is 36.8 Å². The largest absolute Gasteiger partial charge is 0.481 e. The maximum Gasteiger partial charge on any atom is 0.218 e. The molecule has 5 heteroatoms. The number of nitrogens with zero attached hydrogens (tertiary/aromatic N) is 3. The number of aryl methyl sites for hydroxylation is 1. The molecule has 0 aliphatic heterocycles. The first-order valence-electron chi connectivity index (χ1n) is 7.07. The van der Waals surface area contributed by atoms with E-state index in [1.165, 1.54) is 0 Å². The van der Waals surface area contributed by atoms with Crippen LogP contribution in [-0.4, -0.2) is 21.9 Å². The molecule has 1 aromatic carbocycles. The normalized spacial score (nSPS) is 10.6. The number of methoxy groups -OCH3 is 1. The Morgan fingerprint density at radius 1 is 1.14 bits per heavy atom. The van der Waals surface area contributed by atoms with Crippen LogP contribution in [0, 0.1) is 6.92 Å². The van der Waals surface area contributed by atoms with Crippen LogP contribution < -0.4 is 10.5 Å². The summed E-state index contributed by atoms with van der Waals surface area (Å²) in [5.74, 6) is 1.42. The van der Waals surface area contributed by atoms with Crippen LogP contribution in [0.25, 0.3) is 5.82 Å². The van der Waals surface area contributed by atoms with Crippen LogP contribution in [0.3, 0.4) is 0 Å². The van der Waals surface area contributed by atoms with Crippen molar-refractivity contribution < 1.29 is 4.74 Å². The van der Waals surface area contributed by atoms with Crippen LogP contribution in [0.2, 0.25) is 0 Å². The van der Waals surface area contributed by atoms with Gasteiger partial charge >= 0.3 is 0 Å². The van der Waals surface area contributed by atoms with Gasteiger partial charge in [-0.25, -0.2) is 4.98 Å². The van der Waals surface area contributed by atoms with Gasteiger partial charge in [-0.15, -0.1) is 0 Å². The topological polar surface area (TPSA) is 66.0 Å². The zero-order chi connectivity index (χ0) is 15.5. The fourth-order valence-corrected chi connectivity index (χ4v) is 2.30. The molecule has 0 saturated carbocycles. The molecule has 0 aliphatic carbocycles. The summed E-state index contributed by atoms with van der Waals surface area (Å²) >= 11 is 0. The molecule has 2 aromatic heterocycles. The van der Waals surface area contributed by atoms with Crippen molar-refractivity contribution in [2.45, 2.75) is 13.3 Å². The first-order chi connectivity index (χ1) is 10.7. The number of aromatic nitrogens is 3. The minimum atomic E-state index is 0.670. The average Bonchev–Trinajstić information content (AvgIpc) is 2.92. The van der Waals surface area contributed by atoms with Gasteiger partial charge in [0.1, 0.15) is 0 Å². The summed E-state index contributed by atoms with van der Waals surface area (Å²) < 4.78 is 7.14. The third kappa shape index (κ3) is 2.93. The lowest BCUT2D eigenvalue weighted by molar-refractivity contribution is 0.382. The molecule has 0 atom stereocenters. The van der Waals surface area contributed by atoms with Gasteiger partial charge in [-0.2, -0.15) is 9.78 Å². The lowest BCUT2D eigenvalue weighted by Crippen LogP contribution is -2.03. The lowest BCUT2D eigenvalue weighted by atomic mass is 10.1. The maximum atomic E-state index is 5.71. The number of benzene rings is 1. The fraction of sp³-hybridized carbons (Fsp3) is 0.176. The van der Waals surface area contributed by atoms with Crippen molar-refractivity contribution in [1.29, 1.82) is 0 Å². The SMILES string of the molecule is COc1cc(Cc2ccc(N)cc2)nn1-c1cccc(C)n1. The molecule has 0 saturated heterocycles. The van der Waals surface area contributed by atoms with Gasteiger partial charge in [0.25, 0.3) is 0 Å². The molecule has 0 radical (unpaired) electrons. The molecule has 5 nitrogen and oxygen atoms in total. The van der Waals surface area contributed by atoms with Crippen LogP contribution >= 0.6 is 0 Å². The first kappa shape index (κ1) is 14.1. The summed E-state index contributed by atoms with van der Waals surface area (Å²) in [5.41, 5.74) is 9.48. The molecule has 3 aromatic rings. The van der Waals surface area contributed by atoms with Crippen molar-refractivity contribution >= 4 is 5.69 Å². The Hall–Kier alpha value is -2.82. The molecular weight excluding hydrogens is 276 g/mol. The number of hydrogen-bond acceptors (Lipinski definition) is 4. The number of rotatable bonds is 4. The third-order valence-corrected chi connectivity index (χ3v) is 3.39. The molecule has 0 amide bonds. The van der Waals surface area contributed by atoms with Crippen molar-refractivity contribution in [2.24, 2.45) is 0 Å². The minimum absolute atomic E-state index is 0.670. The molecule has 0 bridgehead atoms. The molecule has 112 valence electrons. The van der Waals surface area contributed by atoms with E-state index in [9.17, 15) is 0 Å². The zero-order valence-electron chi connectivity index (χ0n) is 12.7. The van der Waals surface area contributed by atoms with E-state index in [1.54, 1.807) is 11.8 Å². The molecule has 0 unspecified atom stereocenters. The van der Waals surface area contributed by atoms with Gasteiger partial charge < -0.3 is 10.5 Å². The maximum absolute atomic E-state index is 5.71. The second kappa shape index (κ2) is 5.89. The van der Waals surface area contributed by atoms with E-state index >= 15 is 0 Å². The van der Waals surface area contributed by atoms with Crippen molar-refractivity contribution in [2.75, 3.05) is 12.8 Å². The Morgan fingerprint density at radius 3 is 2.59 bits per heavy atom. The number of hydrogen-bond donors (Lipinski definition) is 1. The third-order valence-electron chi connectivity index (χ3n) is 3.39. The van der Waals surface area contributed by atoms with E-state index in [2.05, 4.69) is 10.1 Å². The van der Waals surface area contributed by atoms with E-state index in [4.69, 9.17) is 10.5 Å². The highest BCUT2D eigenvalue weighted by Crippen LogP contribution is 2.20. The summed E-state index contributed by atoms with van der Waals surface area (Å²) in [5, 5.41) is 4.61. The van der Waals surface area contributed by atoms with Gasteiger partial charge in [0, 0.05) is 23.9 Å². The molecule has 3 rings (SSSR count). The summed E-state index contributed by atoms with van der Waals surface area (Å²) in [4.78, 5) is 4.49. The molecule has 2 N–H and O–H groups in total. The van der Waals surface area contributed by atoms with Crippen LogP contribution in [0.4, 0.5) is 5.69 Å². The summed E-state index contributed by atoms with van der Waals surface area (Å²) in [7, 11) is 1.64. The van der Waals surface area contributed by atoms with Crippen LogP contribution in [-0.2, 0) is 6.42 Å². The summed E-state index contributed by atoms with van der Waals surface area (Å²) in [6, 6.07) is 15.6. The Balaban J connectivity index is 1.92. The predicted molar refractivity (Wildman–Crippen MR) is 86.3 cm³/mol. The van der Waals surface area contributed by atoms with Crippen molar-refractivity contribution in [1.82, 2.24) is 14.8 Å². The highest BCUT2D eigenvalue weighted by atomic mass is 16.5. The number of nitrogens with two attached hydrogens (primary N) is 1. The summed E-state index contributed by atoms with van der Waals surface area (Å²) in [6.07, 6.45) is 0.718. The molecule has 0 fully saturated rings. The fourth-order valence-electron chi connectivity index (χ4n) is 2.30. The number of pyridine rings is 1. The Bertz CT molecular complexity index is 778. The Labute approximate surface area is 129 Å². The molecule has 0 aliphatic rings.